The molecule has 0 aliphatic rings. The number of aliphatic hydroxyl groups excluding tert-OH is 1. The second-order valence-corrected chi connectivity index (χ2v) is 3.05. The topological polar surface area (TPSA) is 84.9 Å². The SMILES string of the molecule is COc1cc(O)c([C@@H](N)CO)c(OC)c1. The molecule has 1 rings (SSSR count). The van der Waals surface area contributed by atoms with Gasteiger partial charge >= 0.3 is 0 Å². The van der Waals surface area contributed by atoms with Gasteiger partial charge in [-0.15, -0.1) is 0 Å². The van der Waals surface area contributed by atoms with Gasteiger partial charge in [-0.05, 0) is 0 Å². The summed E-state index contributed by atoms with van der Waals surface area (Å²) in [4.78, 5) is 0. The third-order valence-electron chi connectivity index (χ3n) is 2.12. The molecule has 5 heteroatoms. The van der Waals surface area contributed by atoms with Crippen LogP contribution in [0.5, 0.6) is 17.2 Å². The lowest BCUT2D eigenvalue weighted by Crippen LogP contribution is -2.15. The molecule has 0 aromatic heterocycles. The van der Waals surface area contributed by atoms with Crippen molar-refractivity contribution in [1.29, 1.82) is 0 Å². The minimum Gasteiger partial charge on any atom is -0.507 e. The van der Waals surface area contributed by atoms with Crippen LogP contribution in [-0.2, 0) is 0 Å². The van der Waals surface area contributed by atoms with E-state index >= 15 is 0 Å². The zero-order valence-electron chi connectivity index (χ0n) is 8.73. The monoisotopic (exact) mass is 213 g/mol. The third kappa shape index (κ3) is 2.31. The van der Waals surface area contributed by atoms with Gasteiger partial charge in [0.1, 0.15) is 17.2 Å². The number of benzene rings is 1. The highest BCUT2D eigenvalue weighted by Crippen LogP contribution is 2.36. The minimum atomic E-state index is -0.675. The molecule has 0 saturated carbocycles. The van der Waals surface area contributed by atoms with Crippen molar-refractivity contribution < 1.29 is 19.7 Å². The maximum Gasteiger partial charge on any atom is 0.131 e. The van der Waals surface area contributed by atoms with Crippen molar-refractivity contribution in [3.05, 3.63) is 17.7 Å². The fourth-order valence-electron chi connectivity index (χ4n) is 1.34. The average molecular weight is 213 g/mol. The van der Waals surface area contributed by atoms with Gasteiger partial charge in [-0.3, -0.25) is 0 Å². The van der Waals surface area contributed by atoms with Gasteiger partial charge in [0.2, 0.25) is 0 Å². The number of rotatable bonds is 4. The summed E-state index contributed by atoms with van der Waals surface area (Å²) in [7, 11) is 2.95. The second kappa shape index (κ2) is 4.86. The Balaban J connectivity index is 3.24. The highest BCUT2D eigenvalue weighted by atomic mass is 16.5. The first-order valence-corrected chi connectivity index (χ1v) is 4.45. The summed E-state index contributed by atoms with van der Waals surface area (Å²) in [5.41, 5.74) is 6.01. The Morgan fingerprint density at radius 1 is 1.33 bits per heavy atom. The van der Waals surface area contributed by atoms with Crippen molar-refractivity contribution in [2.24, 2.45) is 5.73 Å². The van der Waals surface area contributed by atoms with E-state index in [1.165, 1.54) is 20.3 Å². The van der Waals surface area contributed by atoms with Gasteiger partial charge in [0.05, 0.1) is 32.4 Å². The number of ether oxygens (including phenoxy) is 2. The maximum absolute atomic E-state index is 9.68. The Hall–Kier alpha value is -1.46. The molecule has 0 saturated heterocycles. The molecule has 0 bridgehead atoms. The highest BCUT2D eigenvalue weighted by Gasteiger charge is 2.17. The van der Waals surface area contributed by atoms with Crippen LogP contribution in [0, 0.1) is 0 Å². The van der Waals surface area contributed by atoms with E-state index in [0.29, 0.717) is 17.1 Å². The summed E-state index contributed by atoms with van der Waals surface area (Å²) in [5.74, 6) is 0.819. The van der Waals surface area contributed by atoms with Crippen molar-refractivity contribution in [3.63, 3.8) is 0 Å². The molecule has 84 valence electrons. The fourth-order valence-corrected chi connectivity index (χ4v) is 1.34. The Morgan fingerprint density at radius 2 is 2.00 bits per heavy atom. The van der Waals surface area contributed by atoms with Gasteiger partial charge in [-0.25, -0.2) is 0 Å². The van der Waals surface area contributed by atoms with E-state index in [1.54, 1.807) is 6.07 Å². The van der Waals surface area contributed by atoms with Crippen molar-refractivity contribution in [3.8, 4) is 17.2 Å². The predicted molar refractivity (Wildman–Crippen MR) is 55.2 cm³/mol. The van der Waals surface area contributed by atoms with E-state index in [1.807, 2.05) is 0 Å². The van der Waals surface area contributed by atoms with Gasteiger partial charge in [0, 0.05) is 12.1 Å². The van der Waals surface area contributed by atoms with Crippen LogP contribution in [0.2, 0.25) is 0 Å². The van der Waals surface area contributed by atoms with E-state index in [0.717, 1.165) is 0 Å². The van der Waals surface area contributed by atoms with Gasteiger partial charge in [-0.1, -0.05) is 0 Å². The van der Waals surface area contributed by atoms with Crippen molar-refractivity contribution in [1.82, 2.24) is 0 Å². The molecule has 0 aliphatic heterocycles. The molecule has 0 aliphatic carbocycles. The number of hydrogen-bond acceptors (Lipinski definition) is 5. The second-order valence-electron chi connectivity index (χ2n) is 3.05. The molecule has 1 atom stereocenters. The van der Waals surface area contributed by atoms with E-state index in [2.05, 4.69) is 0 Å². The molecule has 0 fully saturated rings. The van der Waals surface area contributed by atoms with Crippen LogP contribution in [0.15, 0.2) is 12.1 Å². The molecule has 5 nitrogen and oxygen atoms in total. The molecule has 4 N–H and O–H groups in total. The van der Waals surface area contributed by atoms with Crippen LogP contribution in [-0.4, -0.2) is 31.0 Å². The quantitative estimate of drug-likeness (QED) is 0.674. The first-order valence-electron chi connectivity index (χ1n) is 4.45. The Bertz CT molecular complexity index is 340. The molecular formula is C10H15NO4. The summed E-state index contributed by atoms with van der Waals surface area (Å²) in [6.45, 7) is -0.268. The smallest absolute Gasteiger partial charge is 0.131 e. The molecule has 0 amide bonds. The lowest BCUT2D eigenvalue weighted by atomic mass is 10.1. The van der Waals surface area contributed by atoms with Crippen LogP contribution >= 0.6 is 0 Å². The lowest BCUT2D eigenvalue weighted by Gasteiger charge is -2.16. The van der Waals surface area contributed by atoms with E-state index in [9.17, 15) is 5.11 Å². The first kappa shape index (κ1) is 11.6. The molecule has 0 radical (unpaired) electrons. The van der Waals surface area contributed by atoms with Crippen molar-refractivity contribution >= 4 is 0 Å². The van der Waals surface area contributed by atoms with Gasteiger partial charge in [-0.2, -0.15) is 0 Å². The zero-order valence-corrected chi connectivity index (χ0v) is 8.73. The number of nitrogens with two attached hydrogens (primary N) is 1. The van der Waals surface area contributed by atoms with Gasteiger partial charge < -0.3 is 25.4 Å². The van der Waals surface area contributed by atoms with Crippen molar-refractivity contribution in [2.45, 2.75) is 6.04 Å². The predicted octanol–water partition coefficient (Wildman–Crippen LogP) is 0.402. The standard InChI is InChI=1S/C10H15NO4/c1-14-6-3-8(13)10(7(11)5-12)9(4-6)15-2/h3-4,7,12-13H,5,11H2,1-2H3/t7-/m0/s1. The van der Waals surface area contributed by atoms with Crippen LogP contribution in [0.4, 0.5) is 0 Å². The highest BCUT2D eigenvalue weighted by molar-refractivity contribution is 5.51. The number of methoxy groups -OCH3 is 2. The summed E-state index contributed by atoms with van der Waals surface area (Å²) in [6, 6.07) is 2.35. The molecule has 1 aromatic rings. The van der Waals surface area contributed by atoms with Crippen LogP contribution < -0.4 is 15.2 Å². The Morgan fingerprint density at radius 3 is 2.47 bits per heavy atom. The van der Waals surface area contributed by atoms with Gasteiger partial charge in [0.25, 0.3) is 0 Å². The normalized spacial score (nSPS) is 12.3. The summed E-state index contributed by atoms with van der Waals surface area (Å²) in [5, 5.41) is 18.6. The largest absolute Gasteiger partial charge is 0.507 e. The summed E-state index contributed by atoms with van der Waals surface area (Å²) in [6.07, 6.45) is 0. The first-order chi connectivity index (χ1) is 7.13. The molecule has 1 aromatic carbocycles. The summed E-state index contributed by atoms with van der Waals surface area (Å²) >= 11 is 0. The van der Waals surface area contributed by atoms with Crippen molar-refractivity contribution in [2.75, 3.05) is 20.8 Å². The Kier molecular flexibility index (Phi) is 3.76. The van der Waals surface area contributed by atoms with Crippen LogP contribution in [0.3, 0.4) is 0 Å². The zero-order chi connectivity index (χ0) is 11.4. The number of phenols is 1. The van der Waals surface area contributed by atoms with Crippen LogP contribution in [0.1, 0.15) is 11.6 Å². The minimum absolute atomic E-state index is 0.0484. The number of phenolic OH excluding ortho intramolecular Hbond substituents is 1. The molecule has 0 unspecified atom stereocenters. The number of hydrogen-bond donors (Lipinski definition) is 3. The Labute approximate surface area is 88.0 Å². The molecule has 0 spiro atoms. The maximum atomic E-state index is 9.68. The molecular weight excluding hydrogens is 198 g/mol. The number of aromatic hydroxyl groups is 1. The van der Waals surface area contributed by atoms with Gasteiger partial charge in [0.15, 0.2) is 0 Å². The van der Waals surface area contributed by atoms with E-state index < -0.39 is 6.04 Å². The van der Waals surface area contributed by atoms with E-state index in [4.69, 9.17) is 20.3 Å². The molecule has 0 heterocycles. The molecule has 15 heavy (non-hydrogen) atoms. The number of aliphatic hydroxyl groups is 1. The van der Waals surface area contributed by atoms with E-state index in [-0.39, 0.29) is 12.4 Å². The third-order valence-corrected chi connectivity index (χ3v) is 2.12. The fraction of sp³-hybridized carbons (Fsp3) is 0.400. The van der Waals surface area contributed by atoms with Crippen LogP contribution in [0.25, 0.3) is 0 Å². The summed E-state index contributed by atoms with van der Waals surface area (Å²) < 4.78 is 10.0. The lowest BCUT2D eigenvalue weighted by molar-refractivity contribution is 0.261. The average Bonchev–Trinajstić information content (AvgIpc) is 2.26.